The molecule has 1 aliphatic rings. The van der Waals surface area contributed by atoms with E-state index in [0.717, 1.165) is 18.0 Å². The van der Waals surface area contributed by atoms with Crippen molar-refractivity contribution in [3.63, 3.8) is 0 Å². The van der Waals surface area contributed by atoms with E-state index in [4.69, 9.17) is 4.74 Å². The van der Waals surface area contributed by atoms with Gasteiger partial charge in [-0.2, -0.15) is 0 Å². The van der Waals surface area contributed by atoms with E-state index < -0.39 is 0 Å². The minimum absolute atomic E-state index is 0.0576. The molecule has 1 amide bonds. The summed E-state index contributed by atoms with van der Waals surface area (Å²) in [4.78, 5) is 12.1. The van der Waals surface area contributed by atoms with Crippen LogP contribution in [0.4, 0.5) is 5.69 Å². The number of carbonyl (C=O) groups is 1. The molecule has 23 heavy (non-hydrogen) atoms. The van der Waals surface area contributed by atoms with E-state index in [2.05, 4.69) is 28.8 Å². The van der Waals surface area contributed by atoms with Gasteiger partial charge in [0.2, 0.25) is 5.91 Å². The molecule has 4 nitrogen and oxygen atoms in total. The lowest BCUT2D eigenvalue weighted by Crippen LogP contribution is -2.24. The van der Waals surface area contributed by atoms with Crippen LogP contribution in [0.5, 0.6) is 5.75 Å². The number of ether oxygens (including phenoxy) is 1. The standard InChI is InChI=1S/C19H22N2O2/c1-20-18(22)11-14(13-7-4-3-5-8-13)15-12-21-16-9-6-10-17(23-2)19(15)16/h3-10,14-15,21H,11-12H2,1-2H3,(H,20,22)/t14-,15?/m0/s1. The maximum Gasteiger partial charge on any atom is 0.220 e. The van der Waals surface area contributed by atoms with Gasteiger partial charge in [-0.1, -0.05) is 36.4 Å². The fraction of sp³-hybridized carbons (Fsp3) is 0.316. The van der Waals surface area contributed by atoms with Crippen LogP contribution < -0.4 is 15.4 Å². The van der Waals surface area contributed by atoms with Gasteiger partial charge in [-0.05, 0) is 17.7 Å². The van der Waals surface area contributed by atoms with E-state index in [0.29, 0.717) is 6.42 Å². The highest BCUT2D eigenvalue weighted by molar-refractivity contribution is 5.77. The number of amides is 1. The number of hydrogen-bond donors (Lipinski definition) is 2. The van der Waals surface area contributed by atoms with Crippen molar-refractivity contribution in [3.8, 4) is 5.75 Å². The van der Waals surface area contributed by atoms with Crippen LogP contribution in [0, 0.1) is 0 Å². The zero-order chi connectivity index (χ0) is 16.2. The third-order valence-corrected chi connectivity index (χ3v) is 4.57. The number of fused-ring (bicyclic) bond motifs is 1. The Hall–Kier alpha value is -2.49. The largest absolute Gasteiger partial charge is 0.496 e. The summed E-state index contributed by atoms with van der Waals surface area (Å²) in [5.74, 6) is 1.26. The number of carbonyl (C=O) groups excluding carboxylic acids is 1. The molecule has 2 aromatic rings. The molecule has 0 aromatic heterocycles. The molecule has 2 aromatic carbocycles. The summed E-state index contributed by atoms with van der Waals surface area (Å²) in [6.45, 7) is 0.812. The maximum absolute atomic E-state index is 12.1. The molecule has 2 N–H and O–H groups in total. The van der Waals surface area contributed by atoms with Crippen LogP contribution in [0.1, 0.15) is 29.4 Å². The molecule has 1 aliphatic heterocycles. The first-order chi connectivity index (χ1) is 11.2. The minimum Gasteiger partial charge on any atom is -0.496 e. The monoisotopic (exact) mass is 310 g/mol. The summed E-state index contributed by atoms with van der Waals surface area (Å²) in [5.41, 5.74) is 3.46. The van der Waals surface area contributed by atoms with Crippen molar-refractivity contribution in [1.29, 1.82) is 0 Å². The average molecular weight is 310 g/mol. The number of methoxy groups -OCH3 is 1. The first kappa shape index (κ1) is 15.4. The molecule has 0 fully saturated rings. The van der Waals surface area contributed by atoms with Crippen LogP contribution in [0.25, 0.3) is 0 Å². The average Bonchev–Trinajstić information content (AvgIpc) is 3.04. The Morgan fingerprint density at radius 2 is 2.04 bits per heavy atom. The number of nitrogens with one attached hydrogen (secondary N) is 2. The van der Waals surface area contributed by atoms with Crippen molar-refractivity contribution in [3.05, 3.63) is 59.7 Å². The van der Waals surface area contributed by atoms with Crippen LogP contribution in [-0.2, 0) is 4.79 Å². The van der Waals surface area contributed by atoms with Crippen LogP contribution >= 0.6 is 0 Å². The van der Waals surface area contributed by atoms with Crippen molar-refractivity contribution in [1.82, 2.24) is 5.32 Å². The van der Waals surface area contributed by atoms with Gasteiger partial charge in [-0.15, -0.1) is 0 Å². The molecule has 0 spiro atoms. The van der Waals surface area contributed by atoms with E-state index in [-0.39, 0.29) is 17.7 Å². The highest BCUT2D eigenvalue weighted by Gasteiger charge is 2.34. The van der Waals surface area contributed by atoms with E-state index >= 15 is 0 Å². The van der Waals surface area contributed by atoms with Gasteiger partial charge in [-0.25, -0.2) is 0 Å². The Morgan fingerprint density at radius 3 is 2.74 bits per heavy atom. The van der Waals surface area contributed by atoms with Crippen molar-refractivity contribution in [2.45, 2.75) is 18.3 Å². The summed E-state index contributed by atoms with van der Waals surface area (Å²) in [7, 11) is 3.38. The van der Waals surface area contributed by atoms with Gasteiger partial charge in [0.25, 0.3) is 0 Å². The van der Waals surface area contributed by atoms with Crippen LogP contribution in [0.15, 0.2) is 48.5 Å². The lowest BCUT2D eigenvalue weighted by atomic mass is 9.80. The van der Waals surface area contributed by atoms with Crippen molar-refractivity contribution < 1.29 is 9.53 Å². The van der Waals surface area contributed by atoms with Gasteiger partial charge in [0.15, 0.2) is 0 Å². The predicted molar refractivity (Wildman–Crippen MR) is 92.1 cm³/mol. The van der Waals surface area contributed by atoms with Crippen molar-refractivity contribution in [2.24, 2.45) is 0 Å². The number of anilines is 1. The van der Waals surface area contributed by atoms with E-state index in [9.17, 15) is 4.79 Å². The molecule has 0 aliphatic carbocycles. The second kappa shape index (κ2) is 6.73. The van der Waals surface area contributed by atoms with Gasteiger partial charge in [0.1, 0.15) is 5.75 Å². The molecular weight excluding hydrogens is 288 g/mol. The van der Waals surface area contributed by atoms with Crippen LogP contribution in [-0.4, -0.2) is 26.6 Å². The number of benzene rings is 2. The highest BCUT2D eigenvalue weighted by Crippen LogP contribution is 2.46. The van der Waals surface area contributed by atoms with Crippen molar-refractivity contribution >= 4 is 11.6 Å². The molecular formula is C19H22N2O2. The van der Waals surface area contributed by atoms with E-state index in [1.54, 1.807) is 14.2 Å². The number of hydrogen-bond acceptors (Lipinski definition) is 3. The van der Waals surface area contributed by atoms with E-state index in [1.165, 1.54) is 11.1 Å². The molecule has 2 atom stereocenters. The lowest BCUT2D eigenvalue weighted by Gasteiger charge is -2.24. The predicted octanol–water partition coefficient (Wildman–Crippen LogP) is 3.12. The van der Waals surface area contributed by atoms with Gasteiger partial charge < -0.3 is 15.4 Å². The van der Waals surface area contributed by atoms with Crippen molar-refractivity contribution in [2.75, 3.05) is 26.0 Å². The molecule has 3 rings (SSSR count). The number of rotatable bonds is 5. The zero-order valence-electron chi connectivity index (χ0n) is 13.5. The smallest absolute Gasteiger partial charge is 0.220 e. The fourth-order valence-corrected chi connectivity index (χ4v) is 3.42. The zero-order valence-corrected chi connectivity index (χ0v) is 13.5. The molecule has 0 saturated heterocycles. The molecule has 0 radical (unpaired) electrons. The first-order valence-corrected chi connectivity index (χ1v) is 7.91. The maximum atomic E-state index is 12.1. The molecule has 0 saturated carbocycles. The Balaban J connectivity index is 2.01. The Bertz CT molecular complexity index is 685. The molecule has 120 valence electrons. The Labute approximate surface area is 136 Å². The SMILES string of the molecule is CNC(=O)C[C@@H](c1ccccc1)C1CNc2cccc(OC)c21. The van der Waals surface area contributed by atoms with Gasteiger partial charge in [0, 0.05) is 43.1 Å². The Morgan fingerprint density at radius 1 is 1.26 bits per heavy atom. The molecule has 4 heteroatoms. The lowest BCUT2D eigenvalue weighted by molar-refractivity contribution is -0.121. The van der Waals surface area contributed by atoms with Gasteiger partial charge >= 0.3 is 0 Å². The summed E-state index contributed by atoms with van der Waals surface area (Å²) >= 11 is 0. The molecule has 0 bridgehead atoms. The highest BCUT2D eigenvalue weighted by atomic mass is 16.5. The molecule has 1 heterocycles. The van der Waals surface area contributed by atoms with Gasteiger partial charge in [-0.3, -0.25) is 4.79 Å². The second-order valence-electron chi connectivity index (χ2n) is 5.80. The molecule has 1 unspecified atom stereocenters. The quantitative estimate of drug-likeness (QED) is 0.892. The first-order valence-electron chi connectivity index (χ1n) is 7.91. The van der Waals surface area contributed by atoms with Crippen LogP contribution in [0.3, 0.4) is 0 Å². The summed E-state index contributed by atoms with van der Waals surface area (Å²) in [6, 6.07) is 16.3. The minimum atomic E-state index is 0.0576. The van der Waals surface area contributed by atoms with Gasteiger partial charge in [0.05, 0.1) is 7.11 Å². The van der Waals surface area contributed by atoms with Crippen LogP contribution in [0.2, 0.25) is 0 Å². The summed E-state index contributed by atoms with van der Waals surface area (Å²) in [6.07, 6.45) is 0.463. The summed E-state index contributed by atoms with van der Waals surface area (Å²) in [5, 5.41) is 6.21. The topological polar surface area (TPSA) is 50.4 Å². The van der Waals surface area contributed by atoms with E-state index in [1.807, 2.05) is 30.3 Å². The second-order valence-corrected chi connectivity index (χ2v) is 5.80. The normalized spacial score (nSPS) is 17.0. The Kier molecular flexibility index (Phi) is 4.51. The third kappa shape index (κ3) is 3.02. The third-order valence-electron chi connectivity index (χ3n) is 4.57. The fourth-order valence-electron chi connectivity index (χ4n) is 3.42. The summed E-state index contributed by atoms with van der Waals surface area (Å²) < 4.78 is 5.56.